The van der Waals surface area contributed by atoms with Crippen molar-refractivity contribution in [3.8, 4) is 11.5 Å². The number of phenolic OH excluding ortho intramolecular Hbond substituents is 1. The molecule has 0 aliphatic carbocycles. The van der Waals surface area contributed by atoms with E-state index >= 15 is 0 Å². The van der Waals surface area contributed by atoms with Gasteiger partial charge >= 0.3 is 0 Å². The number of methoxy groups -OCH3 is 1. The summed E-state index contributed by atoms with van der Waals surface area (Å²) in [6.07, 6.45) is 1.85. The summed E-state index contributed by atoms with van der Waals surface area (Å²) >= 11 is 0. The molecule has 0 amide bonds. The zero-order chi connectivity index (χ0) is 20.2. The first-order valence-electron chi connectivity index (χ1n) is 9.60. The van der Waals surface area contributed by atoms with E-state index in [2.05, 4.69) is 37.3 Å². The van der Waals surface area contributed by atoms with Crippen LogP contribution in [-0.4, -0.2) is 18.4 Å². The van der Waals surface area contributed by atoms with Crippen LogP contribution in [0, 0.1) is 6.92 Å². The van der Waals surface area contributed by atoms with E-state index in [-0.39, 0.29) is 11.8 Å². The second kappa shape index (κ2) is 8.19. The standard InChI is InChI=1S/C26H23NO2/c1-18-7-11-21(12-8-18)26(27-17-19-9-14-22(29-2)15-10-19)25-23-6-4-3-5-20(23)13-16-24(25)28/h3-17,26,28H,1-2H3. The highest BCUT2D eigenvalue weighted by Gasteiger charge is 2.19. The molecule has 0 aliphatic heterocycles. The molecule has 4 rings (SSSR count). The lowest BCUT2D eigenvalue weighted by molar-refractivity contribution is 0.415. The first kappa shape index (κ1) is 18.8. The Kier molecular flexibility index (Phi) is 5.30. The van der Waals surface area contributed by atoms with Gasteiger partial charge in [-0.05, 0) is 59.2 Å². The summed E-state index contributed by atoms with van der Waals surface area (Å²) in [6, 6.07) is 27.5. The lowest BCUT2D eigenvalue weighted by Gasteiger charge is -2.18. The molecular formula is C26H23NO2. The molecule has 3 nitrogen and oxygen atoms in total. The van der Waals surface area contributed by atoms with Gasteiger partial charge in [-0.2, -0.15) is 0 Å². The molecule has 3 heteroatoms. The van der Waals surface area contributed by atoms with E-state index in [4.69, 9.17) is 9.73 Å². The number of benzene rings is 4. The Bertz CT molecular complexity index is 1150. The van der Waals surface area contributed by atoms with Crippen LogP contribution in [0.5, 0.6) is 11.5 Å². The van der Waals surface area contributed by atoms with Gasteiger partial charge in [0.15, 0.2) is 0 Å². The number of aliphatic imine (C=N–C) groups is 1. The largest absolute Gasteiger partial charge is 0.508 e. The second-order valence-electron chi connectivity index (χ2n) is 7.08. The molecule has 4 aromatic carbocycles. The van der Waals surface area contributed by atoms with Gasteiger partial charge < -0.3 is 9.84 Å². The maximum absolute atomic E-state index is 10.8. The predicted molar refractivity (Wildman–Crippen MR) is 119 cm³/mol. The average molecular weight is 381 g/mol. The number of aromatic hydroxyl groups is 1. The van der Waals surface area contributed by atoms with E-state index in [1.54, 1.807) is 13.2 Å². The molecule has 4 aromatic rings. The monoisotopic (exact) mass is 381 g/mol. The minimum atomic E-state index is -0.316. The molecule has 29 heavy (non-hydrogen) atoms. The van der Waals surface area contributed by atoms with E-state index in [1.165, 1.54) is 5.56 Å². The van der Waals surface area contributed by atoms with Crippen molar-refractivity contribution in [1.29, 1.82) is 0 Å². The van der Waals surface area contributed by atoms with E-state index in [0.717, 1.165) is 33.2 Å². The van der Waals surface area contributed by atoms with E-state index < -0.39 is 0 Å². The minimum absolute atomic E-state index is 0.251. The summed E-state index contributed by atoms with van der Waals surface area (Å²) in [4.78, 5) is 4.90. The number of nitrogens with zero attached hydrogens (tertiary/aromatic N) is 1. The highest BCUT2D eigenvalue weighted by Crippen LogP contribution is 2.38. The molecular weight excluding hydrogens is 358 g/mol. The van der Waals surface area contributed by atoms with Gasteiger partial charge in [-0.25, -0.2) is 0 Å². The molecule has 0 heterocycles. The van der Waals surface area contributed by atoms with Crippen LogP contribution >= 0.6 is 0 Å². The third-order valence-corrected chi connectivity index (χ3v) is 5.10. The molecule has 1 N–H and O–H groups in total. The lowest BCUT2D eigenvalue weighted by atomic mass is 9.92. The van der Waals surface area contributed by atoms with Crippen molar-refractivity contribution in [3.63, 3.8) is 0 Å². The van der Waals surface area contributed by atoms with E-state index in [0.29, 0.717) is 0 Å². The fourth-order valence-electron chi connectivity index (χ4n) is 3.50. The molecule has 0 radical (unpaired) electrons. The van der Waals surface area contributed by atoms with Crippen LogP contribution in [0.25, 0.3) is 10.8 Å². The average Bonchev–Trinajstić information content (AvgIpc) is 2.76. The van der Waals surface area contributed by atoms with Crippen molar-refractivity contribution in [1.82, 2.24) is 0 Å². The van der Waals surface area contributed by atoms with Crippen LogP contribution in [0.4, 0.5) is 0 Å². The fourth-order valence-corrected chi connectivity index (χ4v) is 3.50. The SMILES string of the molecule is COc1ccc(C=NC(c2ccc(C)cc2)c2c(O)ccc3ccccc23)cc1. The molecule has 0 aromatic heterocycles. The maximum Gasteiger partial charge on any atom is 0.121 e. The third kappa shape index (κ3) is 3.99. The van der Waals surface area contributed by atoms with Crippen molar-refractivity contribution in [2.24, 2.45) is 4.99 Å². The molecule has 0 spiro atoms. The smallest absolute Gasteiger partial charge is 0.121 e. The first-order chi connectivity index (χ1) is 14.2. The van der Waals surface area contributed by atoms with Crippen LogP contribution in [-0.2, 0) is 0 Å². The quantitative estimate of drug-likeness (QED) is 0.426. The molecule has 0 saturated heterocycles. The third-order valence-electron chi connectivity index (χ3n) is 5.10. The van der Waals surface area contributed by atoms with Crippen LogP contribution in [0.3, 0.4) is 0 Å². The Labute approximate surface area is 170 Å². The second-order valence-corrected chi connectivity index (χ2v) is 7.08. The van der Waals surface area contributed by atoms with Crippen molar-refractivity contribution < 1.29 is 9.84 Å². The van der Waals surface area contributed by atoms with E-state index in [1.807, 2.05) is 54.7 Å². The maximum atomic E-state index is 10.8. The number of aryl methyl sites for hydroxylation is 1. The molecule has 1 atom stereocenters. The molecule has 0 aliphatic rings. The zero-order valence-corrected chi connectivity index (χ0v) is 16.5. The topological polar surface area (TPSA) is 41.8 Å². The zero-order valence-electron chi connectivity index (χ0n) is 16.5. The van der Waals surface area contributed by atoms with Crippen molar-refractivity contribution in [3.05, 3.63) is 107 Å². The van der Waals surface area contributed by atoms with Crippen molar-refractivity contribution in [2.75, 3.05) is 7.11 Å². The summed E-state index contributed by atoms with van der Waals surface area (Å²) in [5, 5.41) is 12.9. The summed E-state index contributed by atoms with van der Waals surface area (Å²) in [7, 11) is 1.65. The van der Waals surface area contributed by atoms with Crippen LogP contribution < -0.4 is 4.74 Å². The normalized spacial score (nSPS) is 12.3. The molecule has 1 unspecified atom stereocenters. The van der Waals surface area contributed by atoms with Gasteiger partial charge in [0.05, 0.1) is 7.11 Å². The van der Waals surface area contributed by atoms with Crippen molar-refractivity contribution in [2.45, 2.75) is 13.0 Å². The first-order valence-corrected chi connectivity index (χ1v) is 9.60. The molecule has 0 bridgehead atoms. The van der Waals surface area contributed by atoms with Gasteiger partial charge in [0, 0.05) is 11.8 Å². The molecule has 0 fully saturated rings. The van der Waals surface area contributed by atoms with Crippen molar-refractivity contribution >= 4 is 17.0 Å². The van der Waals surface area contributed by atoms with Gasteiger partial charge in [0.1, 0.15) is 17.5 Å². The number of rotatable bonds is 5. The van der Waals surface area contributed by atoms with E-state index in [9.17, 15) is 5.11 Å². The van der Waals surface area contributed by atoms with Gasteiger partial charge in [-0.15, -0.1) is 0 Å². The Balaban J connectivity index is 1.84. The Morgan fingerprint density at radius 1 is 0.862 bits per heavy atom. The summed E-state index contributed by atoms with van der Waals surface area (Å²) in [6.45, 7) is 2.06. The number of ether oxygens (including phenoxy) is 1. The van der Waals surface area contributed by atoms with Crippen LogP contribution in [0.15, 0.2) is 89.9 Å². The van der Waals surface area contributed by atoms with Crippen LogP contribution in [0.2, 0.25) is 0 Å². The highest BCUT2D eigenvalue weighted by atomic mass is 16.5. The summed E-state index contributed by atoms with van der Waals surface area (Å²) in [5.41, 5.74) is 4.01. The number of hydrogen-bond donors (Lipinski definition) is 1. The predicted octanol–water partition coefficient (Wildman–Crippen LogP) is 6.07. The number of hydrogen-bond acceptors (Lipinski definition) is 3. The van der Waals surface area contributed by atoms with Crippen LogP contribution in [0.1, 0.15) is 28.3 Å². The van der Waals surface area contributed by atoms with Gasteiger partial charge in [-0.1, -0.05) is 60.2 Å². The lowest BCUT2D eigenvalue weighted by Crippen LogP contribution is -2.01. The highest BCUT2D eigenvalue weighted by molar-refractivity contribution is 5.89. The molecule has 144 valence electrons. The van der Waals surface area contributed by atoms with Gasteiger partial charge in [0.2, 0.25) is 0 Å². The van der Waals surface area contributed by atoms with Gasteiger partial charge in [0.25, 0.3) is 0 Å². The Hall–Kier alpha value is -3.59. The molecule has 0 saturated carbocycles. The number of phenols is 1. The number of fused-ring (bicyclic) bond motifs is 1. The Morgan fingerprint density at radius 2 is 1.59 bits per heavy atom. The van der Waals surface area contributed by atoms with Gasteiger partial charge in [-0.3, -0.25) is 4.99 Å². The Morgan fingerprint density at radius 3 is 2.31 bits per heavy atom. The summed E-state index contributed by atoms with van der Waals surface area (Å²) < 4.78 is 5.23. The summed E-state index contributed by atoms with van der Waals surface area (Å²) in [5.74, 6) is 1.06. The fraction of sp³-hybridized carbons (Fsp3) is 0.115. The minimum Gasteiger partial charge on any atom is -0.508 e.